The monoisotopic (exact) mass is 270 g/mol. The van der Waals surface area contributed by atoms with Crippen molar-refractivity contribution in [3.63, 3.8) is 0 Å². The summed E-state index contributed by atoms with van der Waals surface area (Å²) < 4.78 is 5.16. The van der Waals surface area contributed by atoms with Gasteiger partial charge >= 0.3 is 0 Å². The van der Waals surface area contributed by atoms with Crippen LogP contribution in [-0.2, 0) is 17.6 Å². The number of nitrogens with zero attached hydrogens (tertiary/aromatic N) is 2. The lowest BCUT2D eigenvalue weighted by atomic mass is 10.1. The Kier molecular flexibility index (Phi) is 3.30. The van der Waals surface area contributed by atoms with E-state index in [2.05, 4.69) is 18.0 Å². The summed E-state index contributed by atoms with van der Waals surface area (Å²) in [5.74, 6) is 0.801. The van der Waals surface area contributed by atoms with Gasteiger partial charge in [-0.25, -0.2) is 4.98 Å². The first-order chi connectivity index (χ1) is 9.65. The molecule has 0 N–H and O–H groups in total. The summed E-state index contributed by atoms with van der Waals surface area (Å²) in [6, 6.07) is 8.37. The molecule has 1 aromatic carbocycles. The molecule has 1 unspecified atom stereocenters. The minimum Gasteiger partial charge on any atom is -0.449 e. The number of rotatable bonds is 3. The van der Waals surface area contributed by atoms with E-state index in [0.29, 0.717) is 18.7 Å². The molecule has 2 heterocycles. The summed E-state index contributed by atoms with van der Waals surface area (Å²) in [6.07, 6.45) is 3.65. The highest BCUT2D eigenvalue weighted by atomic mass is 16.3. The van der Waals surface area contributed by atoms with Crippen LogP contribution in [0.2, 0.25) is 0 Å². The summed E-state index contributed by atoms with van der Waals surface area (Å²) in [7, 11) is 0. The smallest absolute Gasteiger partial charge is 0.227 e. The number of hydrogen-bond acceptors (Lipinski definition) is 3. The number of oxazole rings is 1. The topological polar surface area (TPSA) is 46.3 Å². The number of para-hydroxylation sites is 1. The molecule has 0 aliphatic carbocycles. The first-order valence-electron chi connectivity index (χ1n) is 6.96. The molecule has 1 aliphatic heterocycles. The van der Waals surface area contributed by atoms with Gasteiger partial charge < -0.3 is 9.32 Å². The molecule has 1 aromatic heterocycles. The maximum atomic E-state index is 12.5. The average Bonchev–Trinajstić information content (AvgIpc) is 2.98. The zero-order valence-electron chi connectivity index (χ0n) is 11.8. The molecule has 0 bridgehead atoms. The molecule has 0 fully saturated rings. The third-order valence-electron chi connectivity index (χ3n) is 3.74. The molecule has 1 amide bonds. The SMILES string of the molecule is Cc1nc(CCC(=O)N2c3ccccc3CC2C)co1. The first kappa shape index (κ1) is 12.9. The van der Waals surface area contributed by atoms with Gasteiger partial charge in [-0.3, -0.25) is 4.79 Å². The Balaban J connectivity index is 1.71. The van der Waals surface area contributed by atoms with E-state index in [1.165, 1.54) is 5.56 Å². The molecule has 3 rings (SSSR count). The van der Waals surface area contributed by atoms with Crippen LogP contribution in [0.25, 0.3) is 0 Å². The zero-order chi connectivity index (χ0) is 14.1. The minimum atomic E-state index is 0.156. The lowest BCUT2D eigenvalue weighted by Crippen LogP contribution is -2.35. The summed E-state index contributed by atoms with van der Waals surface area (Å²) >= 11 is 0. The Hall–Kier alpha value is -2.10. The standard InChI is InChI=1S/C16H18N2O2/c1-11-9-13-5-3-4-6-15(13)18(11)16(19)8-7-14-10-20-12(2)17-14/h3-6,10-11H,7-9H2,1-2H3. The second kappa shape index (κ2) is 5.12. The van der Waals surface area contributed by atoms with E-state index in [9.17, 15) is 4.79 Å². The van der Waals surface area contributed by atoms with Gasteiger partial charge in [-0.2, -0.15) is 0 Å². The molecule has 2 aromatic rings. The Morgan fingerprint density at radius 1 is 1.45 bits per heavy atom. The molecule has 1 aliphatic rings. The van der Waals surface area contributed by atoms with Crippen LogP contribution in [0, 0.1) is 6.92 Å². The first-order valence-corrected chi connectivity index (χ1v) is 6.96. The van der Waals surface area contributed by atoms with Gasteiger partial charge in [-0.15, -0.1) is 0 Å². The van der Waals surface area contributed by atoms with E-state index >= 15 is 0 Å². The highest BCUT2D eigenvalue weighted by Crippen LogP contribution is 2.32. The van der Waals surface area contributed by atoms with Gasteiger partial charge in [0.1, 0.15) is 6.26 Å². The van der Waals surface area contributed by atoms with Crippen LogP contribution in [0.5, 0.6) is 0 Å². The van der Waals surface area contributed by atoms with Gasteiger partial charge in [0.25, 0.3) is 0 Å². The van der Waals surface area contributed by atoms with Crippen molar-refractivity contribution in [1.29, 1.82) is 0 Å². The number of carbonyl (C=O) groups excluding carboxylic acids is 1. The van der Waals surface area contributed by atoms with Crippen molar-refractivity contribution in [2.75, 3.05) is 4.90 Å². The molecule has 104 valence electrons. The van der Waals surface area contributed by atoms with Crippen molar-refractivity contribution < 1.29 is 9.21 Å². The van der Waals surface area contributed by atoms with E-state index < -0.39 is 0 Å². The highest BCUT2D eigenvalue weighted by Gasteiger charge is 2.30. The molecule has 0 saturated carbocycles. The third-order valence-corrected chi connectivity index (χ3v) is 3.74. The number of aromatic nitrogens is 1. The van der Waals surface area contributed by atoms with Crippen LogP contribution in [0.1, 0.15) is 30.5 Å². The second-order valence-corrected chi connectivity index (χ2v) is 5.30. The Morgan fingerprint density at radius 2 is 2.25 bits per heavy atom. The molecule has 0 spiro atoms. The number of anilines is 1. The predicted octanol–water partition coefficient (Wildman–Crippen LogP) is 2.89. The largest absolute Gasteiger partial charge is 0.449 e. The quantitative estimate of drug-likeness (QED) is 0.861. The van der Waals surface area contributed by atoms with E-state index in [1.54, 1.807) is 6.26 Å². The maximum absolute atomic E-state index is 12.5. The molecular formula is C16H18N2O2. The fraction of sp³-hybridized carbons (Fsp3) is 0.375. The molecule has 20 heavy (non-hydrogen) atoms. The normalized spacial score (nSPS) is 17.3. The second-order valence-electron chi connectivity index (χ2n) is 5.30. The number of fused-ring (bicyclic) bond motifs is 1. The van der Waals surface area contributed by atoms with Crippen molar-refractivity contribution in [1.82, 2.24) is 4.98 Å². The number of amides is 1. The van der Waals surface area contributed by atoms with Crippen molar-refractivity contribution in [3.05, 3.63) is 47.7 Å². The molecule has 0 saturated heterocycles. The summed E-state index contributed by atoms with van der Waals surface area (Å²) in [5.41, 5.74) is 3.16. The predicted molar refractivity (Wildman–Crippen MR) is 76.7 cm³/mol. The third kappa shape index (κ3) is 2.33. The summed E-state index contributed by atoms with van der Waals surface area (Å²) in [4.78, 5) is 18.6. The van der Waals surface area contributed by atoms with Crippen LogP contribution >= 0.6 is 0 Å². The van der Waals surface area contributed by atoms with Gasteiger partial charge in [0.15, 0.2) is 5.89 Å². The molecule has 4 nitrogen and oxygen atoms in total. The van der Waals surface area contributed by atoms with Gasteiger partial charge in [-0.1, -0.05) is 18.2 Å². The van der Waals surface area contributed by atoms with Crippen LogP contribution < -0.4 is 4.90 Å². The van der Waals surface area contributed by atoms with E-state index in [4.69, 9.17) is 4.42 Å². The number of aryl methyl sites for hydroxylation is 2. The van der Waals surface area contributed by atoms with E-state index in [1.807, 2.05) is 30.0 Å². The number of carbonyl (C=O) groups is 1. The molecular weight excluding hydrogens is 252 g/mol. The van der Waals surface area contributed by atoms with E-state index in [0.717, 1.165) is 17.8 Å². The maximum Gasteiger partial charge on any atom is 0.227 e. The van der Waals surface area contributed by atoms with Crippen molar-refractivity contribution >= 4 is 11.6 Å². The molecule has 1 atom stereocenters. The van der Waals surface area contributed by atoms with Crippen molar-refractivity contribution in [2.45, 2.75) is 39.2 Å². The Bertz CT molecular complexity index is 633. The summed E-state index contributed by atoms with van der Waals surface area (Å²) in [6.45, 7) is 3.91. The van der Waals surface area contributed by atoms with Gasteiger partial charge in [0.2, 0.25) is 5.91 Å². The van der Waals surface area contributed by atoms with Gasteiger partial charge in [0, 0.05) is 31.5 Å². The Morgan fingerprint density at radius 3 is 3.00 bits per heavy atom. The number of benzene rings is 1. The lowest BCUT2D eigenvalue weighted by Gasteiger charge is -2.22. The Labute approximate surface area is 118 Å². The minimum absolute atomic E-state index is 0.156. The lowest BCUT2D eigenvalue weighted by molar-refractivity contribution is -0.118. The fourth-order valence-electron chi connectivity index (χ4n) is 2.82. The van der Waals surface area contributed by atoms with Gasteiger partial charge in [-0.05, 0) is 25.0 Å². The van der Waals surface area contributed by atoms with Crippen molar-refractivity contribution in [2.24, 2.45) is 0 Å². The fourth-order valence-corrected chi connectivity index (χ4v) is 2.82. The average molecular weight is 270 g/mol. The van der Waals surface area contributed by atoms with Crippen LogP contribution in [0.3, 0.4) is 0 Å². The summed E-state index contributed by atoms with van der Waals surface area (Å²) in [5, 5.41) is 0. The van der Waals surface area contributed by atoms with Crippen LogP contribution in [-0.4, -0.2) is 16.9 Å². The van der Waals surface area contributed by atoms with Crippen molar-refractivity contribution in [3.8, 4) is 0 Å². The zero-order valence-corrected chi connectivity index (χ0v) is 11.8. The molecule has 0 radical (unpaired) electrons. The van der Waals surface area contributed by atoms with Crippen LogP contribution in [0.4, 0.5) is 5.69 Å². The van der Waals surface area contributed by atoms with Gasteiger partial charge in [0.05, 0.1) is 5.69 Å². The van der Waals surface area contributed by atoms with Crippen LogP contribution in [0.15, 0.2) is 34.9 Å². The number of hydrogen-bond donors (Lipinski definition) is 0. The molecule has 4 heteroatoms. The highest BCUT2D eigenvalue weighted by molar-refractivity contribution is 5.96. The van der Waals surface area contributed by atoms with E-state index in [-0.39, 0.29) is 11.9 Å².